The van der Waals surface area contributed by atoms with E-state index in [0.29, 0.717) is 0 Å². The standard InChI is InChI=1S/C7H13BrO/c1-4-7(8)5-9-6(2)3/h5-6H,4H2,1-3H3/b7-5-. The minimum atomic E-state index is 0.282. The van der Waals surface area contributed by atoms with Gasteiger partial charge in [0.15, 0.2) is 0 Å². The molecule has 0 spiro atoms. The van der Waals surface area contributed by atoms with Gasteiger partial charge in [0.1, 0.15) is 0 Å². The summed E-state index contributed by atoms with van der Waals surface area (Å²) in [5, 5.41) is 0. The first-order chi connectivity index (χ1) is 4.16. The second-order valence-corrected chi connectivity index (χ2v) is 3.12. The van der Waals surface area contributed by atoms with E-state index in [4.69, 9.17) is 4.74 Å². The maximum Gasteiger partial charge on any atom is 0.0933 e. The summed E-state index contributed by atoms with van der Waals surface area (Å²) in [5.74, 6) is 0. The van der Waals surface area contributed by atoms with Gasteiger partial charge in [0.05, 0.1) is 12.4 Å². The van der Waals surface area contributed by atoms with Gasteiger partial charge in [-0.1, -0.05) is 22.9 Å². The van der Waals surface area contributed by atoms with Crippen molar-refractivity contribution in [3.05, 3.63) is 10.7 Å². The van der Waals surface area contributed by atoms with Gasteiger partial charge in [-0.2, -0.15) is 0 Å². The molecule has 0 atom stereocenters. The lowest BCUT2D eigenvalue weighted by atomic mass is 10.4. The fourth-order valence-electron chi connectivity index (χ4n) is 0.293. The Labute approximate surface area is 65.2 Å². The van der Waals surface area contributed by atoms with E-state index < -0.39 is 0 Å². The number of rotatable bonds is 3. The molecule has 0 aliphatic heterocycles. The molecule has 0 aromatic heterocycles. The first-order valence-electron chi connectivity index (χ1n) is 3.16. The molecule has 0 N–H and O–H groups in total. The van der Waals surface area contributed by atoms with Gasteiger partial charge in [-0.15, -0.1) is 0 Å². The fraction of sp³-hybridized carbons (Fsp3) is 0.714. The molecule has 0 aromatic carbocycles. The Kier molecular flexibility index (Phi) is 4.87. The van der Waals surface area contributed by atoms with Crippen molar-refractivity contribution in [3.8, 4) is 0 Å². The lowest BCUT2D eigenvalue weighted by molar-refractivity contribution is 0.178. The summed E-state index contributed by atoms with van der Waals surface area (Å²) in [6.45, 7) is 6.09. The van der Waals surface area contributed by atoms with E-state index in [1.165, 1.54) is 0 Å². The second-order valence-electron chi connectivity index (χ2n) is 2.10. The van der Waals surface area contributed by atoms with Crippen molar-refractivity contribution in [2.45, 2.75) is 33.3 Å². The van der Waals surface area contributed by atoms with Crippen molar-refractivity contribution < 1.29 is 4.74 Å². The van der Waals surface area contributed by atoms with Crippen molar-refractivity contribution in [2.24, 2.45) is 0 Å². The highest BCUT2D eigenvalue weighted by atomic mass is 79.9. The zero-order chi connectivity index (χ0) is 7.28. The predicted octanol–water partition coefficient (Wildman–Crippen LogP) is 3.06. The molecule has 0 amide bonds. The monoisotopic (exact) mass is 192 g/mol. The van der Waals surface area contributed by atoms with Crippen LogP contribution in [0.25, 0.3) is 0 Å². The van der Waals surface area contributed by atoms with Crippen LogP contribution in [0.4, 0.5) is 0 Å². The lowest BCUT2D eigenvalue weighted by Crippen LogP contribution is -1.95. The van der Waals surface area contributed by atoms with Gasteiger partial charge in [-0.05, 0) is 20.3 Å². The molecular formula is C7H13BrO. The molecule has 0 aliphatic rings. The molecule has 54 valence electrons. The zero-order valence-electron chi connectivity index (χ0n) is 6.15. The average Bonchev–Trinajstić information content (AvgIpc) is 1.83. The van der Waals surface area contributed by atoms with Crippen LogP contribution in [0.15, 0.2) is 10.7 Å². The highest BCUT2D eigenvalue weighted by molar-refractivity contribution is 9.11. The fourth-order valence-corrected chi connectivity index (χ4v) is 0.401. The zero-order valence-corrected chi connectivity index (χ0v) is 7.73. The van der Waals surface area contributed by atoms with Crippen LogP contribution >= 0.6 is 15.9 Å². The van der Waals surface area contributed by atoms with E-state index in [2.05, 4.69) is 22.9 Å². The van der Waals surface area contributed by atoms with Crippen molar-refractivity contribution in [1.82, 2.24) is 0 Å². The molecule has 2 heteroatoms. The van der Waals surface area contributed by atoms with Gasteiger partial charge in [-0.3, -0.25) is 0 Å². The molecule has 0 saturated heterocycles. The van der Waals surface area contributed by atoms with E-state index in [-0.39, 0.29) is 6.10 Å². The van der Waals surface area contributed by atoms with Crippen LogP contribution in [-0.4, -0.2) is 6.10 Å². The van der Waals surface area contributed by atoms with Gasteiger partial charge in [0.25, 0.3) is 0 Å². The van der Waals surface area contributed by atoms with Crippen molar-refractivity contribution in [2.75, 3.05) is 0 Å². The van der Waals surface area contributed by atoms with Crippen LogP contribution in [0.5, 0.6) is 0 Å². The summed E-state index contributed by atoms with van der Waals surface area (Å²) in [4.78, 5) is 0. The summed E-state index contributed by atoms with van der Waals surface area (Å²) < 4.78 is 6.29. The molecule has 0 fully saturated rings. The Hall–Kier alpha value is 0.0200. The average molecular weight is 193 g/mol. The molecule has 9 heavy (non-hydrogen) atoms. The van der Waals surface area contributed by atoms with Gasteiger partial charge in [0.2, 0.25) is 0 Å². The summed E-state index contributed by atoms with van der Waals surface area (Å²) in [5.41, 5.74) is 0. The van der Waals surface area contributed by atoms with Gasteiger partial charge in [0, 0.05) is 4.48 Å². The third-order valence-electron chi connectivity index (χ3n) is 0.806. The lowest BCUT2D eigenvalue weighted by Gasteiger charge is -2.03. The minimum absolute atomic E-state index is 0.282. The minimum Gasteiger partial charge on any atom is -0.498 e. The van der Waals surface area contributed by atoms with Crippen LogP contribution in [0, 0.1) is 0 Å². The first kappa shape index (κ1) is 9.02. The molecule has 1 nitrogen and oxygen atoms in total. The van der Waals surface area contributed by atoms with E-state index >= 15 is 0 Å². The molecule has 0 bridgehead atoms. The second kappa shape index (κ2) is 4.86. The van der Waals surface area contributed by atoms with Crippen LogP contribution in [0.1, 0.15) is 27.2 Å². The summed E-state index contributed by atoms with van der Waals surface area (Å²) in [6, 6.07) is 0. The SMILES string of the molecule is CC/C(Br)=C/OC(C)C. The largest absolute Gasteiger partial charge is 0.498 e. The van der Waals surface area contributed by atoms with Crippen molar-refractivity contribution in [1.29, 1.82) is 0 Å². The van der Waals surface area contributed by atoms with Crippen molar-refractivity contribution >= 4 is 15.9 Å². The quantitative estimate of drug-likeness (QED) is 0.626. The Morgan fingerprint density at radius 2 is 2.22 bits per heavy atom. The number of ether oxygens (including phenoxy) is 1. The summed E-state index contributed by atoms with van der Waals surface area (Å²) in [6.07, 6.45) is 3.03. The summed E-state index contributed by atoms with van der Waals surface area (Å²) >= 11 is 3.34. The van der Waals surface area contributed by atoms with Crippen LogP contribution in [0.2, 0.25) is 0 Å². The molecule has 0 radical (unpaired) electrons. The van der Waals surface area contributed by atoms with Crippen LogP contribution in [-0.2, 0) is 4.74 Å². The van der Waals surface area contributed by atoms with Crippen molar-refractivity contribution in [3.63, 3.8) is 0 Å². The molecule has 0 aliphatic carbocycles. The topological polar surface area (TPSA) is 9.23 Å². The molecular weight excluding hydrogens is 180 g/mol. The molecule has 0 saturated carbocycles. The highest BCUT2D eigenvalue weighted by Crippen LogP contribution is 2.09. The van der Waals surface area contributed by atoms with Gasteiger partial charge < -0.3 is 4.74 Å². The number of halogens is 1. The van der Waals surface area contributed by atoms with E-state index in [1.807, 2.05) is 13.8 Å². The van der Waals surface area contributed by atoms with Gasteiger partial charge >= 0.3 is 0 Å². The summed E-state index contributed by atoms with van der Waals surface area (Å²) in [7, 11) is 0. The Morgan fingerprint density at radius 1 is 1.67 bits per heavy atom. The Bertz CT molecular complexity index is 97.1. The third kappa shape index (κ3) is 5.90. The van der Waals surface area contributed by atoms with E-state index in [9.17, 15) is 0 Å². The normalized spacial score (nSPS) is 12.3. The number of hydrogen-bond acceptors (Lipinski definition) is 1. The molecule has 0 aromatic rings. The Balaban J connectivity index is 3.43. The first-order valence-corrected chi connectivity index (χ1v) is 3.96. The third-order valence-corrected chi connectivity index (χ3v) is 1.55. The van der Waals surface area contributed by atoms with Gasteiger partial charge in [-0.25, -0.2) is 0 Å². The maximum absolute atomic E-state index is 5.19. The molecule has 0 rings (SSSR count). The number of hydrogen-bond donors (Lipinski definition) is 0. The number of allylic oxidation sites excluding steroid dienone is 1. The van der Waals surface area contributed by atoms with E-state index in [0.717, 1.165) is 10.9 Å². The molecule has 0 unspecified atom stereocenters. The predicted molar refractivity (Wildman–Crippen MR) is 43.5 cm³/mol. The Morgan fingerprint density at radius 3 is 2.56 bits per heavy atom. The smallest absolute Gasteiger partial charge is 0.0933 e. The van der Waals surface area contributed by atoms with Crippen LogP contribution < -0.4 is 0 Å². The highest BCUT2D eigenvalue weighted by Gasteiger charge is 1.89. The van der Waals surface area contributed by atoms with Crippen LogP contribution in [0.3, 0.4) is 0 Å². The van der Waals surface area contributed by atoms with E-state index in [1.54, 1.807) is 6.26 Å². The maximum atomic E-state index is 5.19. The molecule has 0 heterocycles.